The fourth-order valence-corrected chi connectivity index (χ4v) is 6.13. The Bertz CT molecular complexity index is 2110. The van der Waals surface area contributed by atoms with E-state index in [1.54, 1.807) is 0 Å². The van der Waals surface area contributed by atoms with Crippen molar-refractivity contribution in [2.45, 2.75) is 6.92 Å². The van der Waals surface area contributed by atoms with E-state index in [-0.39, 0.29) is 0 Å². The van der Waals surface area contributed by atoms with Crippen LogP contribution in [0.3, 0.4) is 0 Å². The van der Waals surface area contributed by atoms with E-state index in [1.807, 2.05) is 12.2 Å². The number of aryl methyl sites for hydroxylation is 1. The number of fused-ring (bicyclic) bond motifs is 4. The van der Waals surface area contributed by atoms with Gasteiger partial charge in [0, 0.05) is 0 Å². The van der Waals surface area contributed by atoms with Crippen molar-refractivity contribution < 1.29 is 0 Å². The molecule has 0 fully saturated rings. The lowest BCUT2D eigenvalue weighted by molar-refractivity contribution is 1.44. The van der Waals surface area contributed by atoms with Gasteiger partial charge in [-0.05, 0) is 95.9 Å². The Morgan fingerprint density at radius 2 is 1.15 bits per heavy atom. The molecule has 7 rings (SSSR count). The summed E-state index contributed by atoms with van der Waals surface area (Å²) in [4.78, 5) is 0. The molecule has 0 radical (unpaired) electrons. The summed E-state index contributed by atoms with van der Waals surface area (Å²) < 4.78 is 0. The summed E-state index contributed by atoms with van der Waals surface area (Å²) in [7, 11) is 0. The zero-order valence-corrected chi connectivity index (χ0v) is 23.1. The monoisotopic (exact) mass is 522 g/mol. The molecule has 41 heavy (non-hydrogen) atoms. The molecule has 0 atom stereocenters. The summed E-state index contributed by atoms with van der Waals surface area (Å²) in [6, 6.07) is 48.7. The van der Waals surface area contributed by atoms with Gasteiger partial charge in [0.2, 0.25) is 0 Å². The lowest BCUT2D eigenvalue weighted by Crippen LogP contribution is -1.92. The summed E-state index contributed by atoms with van der Waals surface area (Å²) in [5.74, 6) is 0. The first-order valence-corrected chi connectivity index (χ1v) is 14.1. The van der Waals surface area contributed by atoms with Gasteiger partial charge in [-0.2, -0.15) is 0 Å². The molecule has 0 aliphatic rings. The number of hydrogen-bond acceptors (Lipinski definition) is 0. The fourth-order valence-electron chi connectivity index (χ4n) is 6.13. The average Bonchev–Trinajstić information content (AvgIpc) is 3.03. The highest BCUT2D eigenvalue weighted by molar-refractivity contribution is 6.19. The van der Waals surface area contributed by atoms with Crippen molar-refractivity contribution in [3.8, 4) is 33.4 Å². The molecule has 0 aromatic heterocycles. The minimum atomic E-state index is 1.22. The van der Waals surface area contributed by atoms with Crippen molar-refractivity contribution in [3.63, 3.8) is 0 Å². The Labute approximate surface area is 241 Å². The van der Waals surface area contributed by atoms with Crippen molar-refractivity contribution in [2.75, 3.05) is 0 Å². The van der Waals surface area contributed by atoms with E-state index < -0.39 is 0 Å². The molecule has 0 unspecified atom stereocenters. The summed E-state index contributed by atoms with van der Waals surface area (Å²) in [6.45, 7) is 6.07. The maximum Gasteiger partial charge on any atom is -0.00204 e. The van der Waals surface area contributed by atoms with Crippen LogP contribution in [0, 0.1) is 6.92 Å². The second kappa shape index (κ2) is 10.4. The molecular weight excluding hydrogens is 492 g/mol. The highest BCUT2D eigenvalue weighted by atomic mass is 14.2. The first-order chi connectivity index (χ1) is 20.2. The summed E-state index contributed by atoms with van der Waals surface area (Å²) in [5, 5.41) is 7.60. The third kappa shape index (κ3) is 4.44. The van der Waals surface area contributed by atoms with Crippen LogP contribution in [-0.4, -0.2) is 0 Å². The lowest BCUT2D eigenvalue weighted by atomic mass is 9.86. The summed E-state index contributed by atoms with van der Waals surface area (Å²) in [6.07, 6.45) is 6.04. The molecule has 7 aromatic carbocycles. The normalized spacial score (nSPS) is 11.5. The van der Waals surface area contributed by atoms with Gasteiger partial charge >= 0.3 is 0 Å². The molecule has 0 saturated carbocycles. The van der Waals surface area contributed by atoms with Crippen LogP contribution in [0.2, 0.25) is 0 Å². The van der Waals surface area contributed by atoms with E-state index in [1.165, 1.54) is 76.8 Å². The third-order valence-electron chi connectivity index (χ3n) is 8.18. The lowest BCUT2D eigenvalue weighted by Gasteiger charge is -2.17. The zero-order valence-electron chi connectivity index (χ0n) is 23.1. The van der Waals surface area contributed by atoms with Crippen molar-refractivity contribution >= 4 is 38.4 Å². The Kier molecular flexibility index (Phi) is 6.30. The van der Waals surface area contributed by atoms with Crippen LogP contribution in [0.1, 0.15) is 11.1 Å². The van der Waals surface area contributed by atoms with Gasteiger partial charge in [0.25, 0.3) is 0 Å². The predicted molar refractivity (Wildman–Crippen MR) is 179 cm³/mol. The largest absolute Gasteiger partial charge is 0.0991 e. The molecular formula is C41H30. The van der Waals surface area contributed by atoms with Crippen LogP contribution >= 0.6 is 0 Å². The predicted octanol–water partition coefficient (Wildman–Crippen LogP) is 11.7. The van der Waals surface area contributed by atoms with Gasteiger partial charge in [0.05, 0.1) is 0 Å². The second-order valence-electron chi connectivity index (χ2n) is 10.6. The first kappa shape index (κ1) is 24.8. The van der Waals surface area contributed by atoms with Gasteiger partial charge in [-0.1, -0.05) is 146 Å². The van der Waals surface area contributed by atoms with Crippen LogP contribution in [-0.2, 0) is 0 Å². The second-order valence-corrected chi connectivity index (χ2v) is 10.6. The fraction of sp³-hybridized carbons (Fsp3) is 0.0244. The Balaban J connectivity index is 1.43. The van der Waals surface area contributed by atoms with Gasteiger partial charge in [-0.3, -0.25) is 0 Å². The standard InChI is InChI=1S/C41H30/c1-3-4-15-35-28(2)11-9-17-37(35)38-18-10-19-39-40(27-34-14-7-8-16-36(34)41(38)39)31-23-20-30(21-24-31)33-25-22-29-12-5-6-13-32(29)26-33/h3-27H,1H2,2H3/b15-4-. The van der Waals surface area contributed by atoms with Crippen molar-refractivity contribution in [3.05, 3.63) is 163 Å². The molecule has 0 heterocycles. The van der Waals surface area contributed by atoms with E-state index in [9.17, 15) is 0 Å². The molecule has 0 saturated heterocycles. The quantitative estimate of drug-likeness (QED) is 0.156. The molecule has 0 bridgehead atoms. The summed E-state index contributed by atoms with van der Waals surface area (Å²) >= 11 is 0. The van der Waals surface area contributed by atoms with Crippen molar-refractivity contribution in [1.29, 1.82) is 0 Å². The van der Waals surface area contributed by atoms with Crippen LogP contribution in [0.4, 0.5) is 0 Å². The molecule has 7 aromatic rings. The molecule has 0 aliphatic carbocycles. The number of rotatable bonds is 5. The Morgan fingerprint density at radius 1 is 0.488 bits per heavy atom. The van der Waals surface area contributed by atoms with Crippen LogP contribution < -0.4 is 0 Å². The highest BCUT2D eigenvalue weighted by Gasteiger charge is 2.15. The zero-order chi connectivity index (χ0) is 27.8. The van der Waals surface area contributed by atoms with E-state index >= 15 is 0 Å². The maximum atomic E-state index is 3.90. The molecule has 0 N–H and O–H groups in total. The molecule has 194 valence electrons. The smallest absolute Gasteiger partial charge is 0.00204 e. The Morgan fingerprint density at radius 3 is 1.98 bits per heavy atom. The number of benzene rings is 7. The molecule has 0 nitrogen and oxygen atoms in total. The van der Waals surface area contributed by atoms with Gasteiger partial charge in [0.15, 0.2) is 0 Å². The van der Waals surface area contributed by atoms with Crippen LogP contribution in [0.15, 0.2) is 152 Å². The number of allylic oxidation sites excluding steroid dienone is 2. The molecule has 0 spiro atoms. The van der Waals surface area contributed by atoms with E-state index in [0.29, 0.717) is 0 Å². The van der Waals surface area contributed by atoms with E-state index in [0.717, 1.165) is 0 Å². The number of hydrogen-bond donors (Lipinski definition) is 0. The molecule has 0 heteroatoms. The average molecular weight is 523 g/mol. The first-order valence-electron chi connectivity index (χ1n) is 14.1. The van der Waals surface area contributed by atoms with E-state index in [4.69, 9.17) is 0 Å². The van der Waals surface area contributed by atoms with Crippen molar-refractivity contribution in [1.82, 2.24) is 0 Å². The van der Waals surface area contributed by atoms with E-state index in [2.05, 4.69) is 153 Å². The topological polar surface area (TPSA) is 0 Å². The van der Waals surface area contributed by atoms with Crippen molar-refractivity contribution in [2.24, 2.45) is 0 Å². The maximum absolute atomic E-state index is 3.90. The summed E-state index contributed by atoms with van der Waals surface area (Å²) in [5.41, 5.74) is 9.91. The Hall–Kier alpha value is -5.20. The third-order valence-corrected chi connectivity index (χ3v) is 8.18. The molecule has 0 aliphatic heterocycles. The molecule has 0 amide bonds. The van der Waals surface area contributed by atoms with Gasteiger partial charge < -0.3 is 0 Å². The van der Waals surface area contributed by atoms with Gasteiger partial charge in [-0.25, -0.2) is 0 Å². The van der Waals surface area contributed by atoms with Crippen LogP contribution in [0.25, 0.3) is 71.8 Å². The highest BCUT2D eigenvalue weighted by Crippen LogP contribution is 2.42. The SMILES string of the molecule is C=C/C=C\c1c(C)cccc1-c1cccc2c(-c3ccc(-c4ccc5ccccc5c4)cc3)cc3ccccc3c12. The van der Waals surface area contributed by atoms with Gasteiger partial charge in [-0.15, -0.1) is 0 Å². The van der Waals surface area contributed by atoms with Crippen LogP contribution in [0.5, 0.6) is 0 Å². The van der Waals surface area contributed by atoms with Gasteiger partial charge in [0.1, 0.15) is 0 Å². The minimum Gasteiger partial charge on any atom is -0.0991 e. The minimum absolute atomic E-state index is 1.22.